The second-order valence-electron chi connectivity index (χ2n) is 7.82. The first-order valence-corrected chi connectivity index (χ1v) is 9.94. The van der Waals surface area contributed by atoms with Crippen LogP contribution in [0.5, 0.6) is 0 Å². The van der Waals surface area contributed by atoms with Gasteiger partial charge in [-0.25, -0.2) is 9.18 Å². The summed E-state index contributed by atoms with van der Waals surface area (Å²) in [5.74, 6) is -3.08. The number of fused-ring (bicyclic) bond motifs is 1. The van der Waals surface area contributed by atoms with Crippen molar-refractivity contribution in [3.05, 3.63) is 29.8 Å². The summed E-state index contributed by atoms with van der Waals surface area (Å²) in [6.07, 6.45) is 0.103. The molecule has 11 heteroatoms. The summed E-state index contributed by atoms with van der Waals surface area (Å²) in [5, 5.41) is 7.12. The minimum Gasteiger partial charge on any atom is -0.475 e. The molecule has 1 amide bonds. The third-order valence-electron chi connectivity index (χ3n) is 4.90. The van der Waals surface area contributed by atoms with Crippen molar-refractivity contribution in [1.29, 1.82) is 0 Å². The highest BCUT2D eigenvalue weighted by molar-refractivity contribution is 5.94. The number of carboxylic acid groups (broad SMARTS) is 1. The van der Waals surface area contributed by atoms with E-state index in [1.165, 1.54) is 12.3 Å². The first kappa shape index (κ1) is 25.0. The Labute approximate surface area is 177 Å². The van der Waals surface area contributed by atoms with Crippen LogP contribution in [0, 0.1) is 11.7 Å². The van der Waals surface area contributed by atoms with Crippen LogP contribution in [-0.2, 0) is 14.3 Å². The van der Waals surface area contributed by atoms with Crippen LogP contribution >= 0.6 is 0 Å². The summed E-state index contributed by atoms with van der Waals surface area (Å²) < 4.78 is 57.4. The van der Waals surface area contributed by atoms with Gasteiger partial charge in [-0.1, -0.05) is 13.8 Å². The van der Waals surface area contributed by atoms with Crippen LogP contribution in [0.15, 0.2) is 18.5 Å². The lowest BCUT2D eigenvalue weighted by Gasteiger charge is -2.36. The number of aliphatic carboxylic acids is 1. The van der Waals surface area contributed by atoms with E-state index >= 15 is 0 Å². The molecular weight excluding hydrogens is 424 g/mol. The Hall–Kier alpha value is -2.27. The van der Waals surface area contributed by atoms with Gasteiger partial charge < -0.3 is 19.5 Å². The molecule has 2 saturated heterocycles. The molecule has 0 aliphatic carbocycles. The lowest BCUT2D eigenvalue weighted by Crippen LogP contribution is -2.46. The molecule has 2 aliphatic rings. The average molecular weight is 450 g/mol. The van der Waals surface area contributed by atoms with E-state index < -0.39 is 18.0 Å². The van der Waals surface area contributed by atoms with Gasteiger partial charge in [0.1, 0.15) is 0 Å². The molecule has 0 saturated carbocycles. The van der Waals surface area contributed by atoms with Crippen LogP contribution in [0.4, 0.5) is 17.6 Å². The van der Waals surface area contributed by atoms with E-state index in [2.05, 4.69) is 18.8 Å². The summed E-state index contributed by atoms with van der Waals surface area (Å²) in [6.45, 7) is 6.19. The quantitative estimate of drug-likeness (QED) is 0.693. The zero-order valence-corrected chi connectivity index (χ0v) is 17.3. The first-order valence-electron chi connectivity index (χ1n) is 9.94. The zero-order valence-electron chi connectivity index (χ0n) is 17.3. The molecule has 0 bridgehead atoms. The van der Waals surface area contributed by atoms with Gasteiger partial charge in [0.25, 0.3) is 5.91 Å². The highest BCUT2D eigenvalue weighted by atomic mass is 19.4. The number of carbonyl (C=O) groups excluding carboxylic acids is 1. The molecule has 3 heterocycles. The predicted molar refractivity (Wildman–Crippen MR) is 101 cm³/mol. The molecule has 0 radical (unpaired) electrons. The Morgan fingerprint density at radius 1 is 1.32 bits per heavy atom. The predicted octanol–water partition coefficient (Wildman–Crippen LogP) is 3.29. The van der Waals surface area contributed by atoms with Crippen molar-refractivity contribution < 1.29 is 41.7 Å². The fourth-order valence-corrected chi connectivity index (χ4v) is 3.51. The molecule has 174 valence electrons. The van der Waals surface area contributed by atoms with E-state index in [1.54, 1.807) is 4.90 Å². The minimum absolute atomic E-state index is 0.0280. The van der Waals surface area contributed by atoms with Gasteiger partial charge in [-0.3, -0.25) is 9.78 Å². The van der Waals surface area contributed by atoms with Crippen molar-refractivity contribution in [1.82, 2.24) is 9.88 Å². The highest BCUT2D eigenvalue weighted by Crippen LogP contribution is 2.32. The van der Waals surface area contributed by atoms with Crippen molar-refractivity contribution in [2.24, 2.45) is 5.92 Å². The van der Waals surface area contributed by atoms with Crippen molar-refractivity contribution in [3.8, 4) is 0 Å². The van der Waals surface area contributed by atoms with E-state index in [9.17, 15) is 22.4 Å². The largest absolute Gasteiger partial charge is 0.490 e. The highest BCUT2D eigenvalue weighted by Gasteiger charge is 2.42. The zero-order chi connectivity index (χ0) is 23.2. The third kappa shape index (κ3) is 7.13. The molecular formula is C20H26F4N2O5. The maximum Gasteiger partial charge on any atom is 0.490 e. The molecule has 0 spiro atoms. The van der Waals surface area contributed by atoms with E-state index in [0.29, 0.717) is 19.1 Å². The smallest absolute Gasteiger partial charge is 0.475 e. The Morgan fingerprint density at radius 3 is 2.58 bits per heavy atom. The SMILES string of the molecule is CC(C)COC[C@H]1CC[C@H]2[C@H](CCN2C(=O)c2ccncc2F)O1.O=C(O)C(F)(F)F. The molecule has 2 fully saturated rings. The van der Waals surface area contributed by atoms with Crippen LogP contribution in [0.3, 0.4) is 0 Å². The molecule has 0 unspecified atom stereocenters. The molecule has 2 aliphatic heterocycles. The molecule has 0 aromatic carbocycles. The number of hydrogen-bond donors (Lipinski definition) is 1. The van der Waals surface area contributed by atoms with Gasteiger partial charge >= 0.3 is 12.1 Å². The van der Waals surface area contributed by atoms with Gasteiger partial charge in [0, 0.05) is 19.3 Å². The summed E-state index contributed by atoms with van der Waals surface area (Å²) in [5.41, 5.74) is 0.0908. The van der Waals surface area contributed by atoms with E-state index in [4.69, 9.17) is 19.4 Å². The number of ether oxygens (including phenoxy) is 2. The van der Waals surface area contributed by atoms with Crippen molar-refractivity contribution in [2.75, 3.05) is 19.8 Å². The molecule has 1 N–H and O–H groups in total. The average Bonchev–Trinajstić information content (AvgIpc) is 3.10. The molecule has 31 heavy (non-hydrogen) atoms. The number of carbonyl (C=O) groups is 2. The fourth-order valence-electron chi connectivity index (χ4n) is 3.51. The Kier molecular flexibility index (Phi) is 8.75. The number of amides is 1. The Bertz CT molecular complexity index is 759. The van der Waals surface area contributed by atoms with Gasteiger partial charge in [0.15, 0.2) is 5.82 Å². The second-order valence-corrected chi connectivity index (χ2v) is 7.82. The number of pyridine rings is 1. The summed E-state index contributed by atoms with van der Waals surface area (Å²) in [4.78, 5) is 27.0. The molecule has 7 nitrogen and oxygen atoms in total. The van der Waals surface area contributed by atoms with E-state index in [-0.39, 0.29) is 29.7 Å². The number of likely N-dealkylation sites (tertiary alicyclic amines) is 1. The Balaban J connectivity index is 0.000000423. The standard InChI is InChI=1S/C18H25FN2O3.C2HF3O2/c1-12(2)10-23-11-13-3-4-16-17(24-13)6-8-21(16)18(22)14-5-7-20-9-15(14)19;3-2(4,5)1(6)7/h5,7,9,12-13,16-17H,3-4,6,8,10-11H2,1-2H3;(H,6,7)/t13-,16+,17+;/m1./s1. The van der Waals surface area contributed by atoms with Crippen molar-refractivity contribution in [3.63, 3.8) is 0 Å². The normalized spacial score (nSPS) is 23.2. The van der Waals surface area contributed by atoms with Gasteiger partial charge in [-0.15, -0.1) is 0 Å². The molecule has 1 aromatic heterocycles. The van der Waals surface area contributed by atoms with Crippen molar-refractivity contribution in [2.45, 2.75) is 57.5 Å². The minimum atomic E-state index is -5.08. The summed E-state index contributed by atoms with van der Waals surface area (Å²) in [7, 11) is 0. The lowest BCUT2D eigenvalue weighted by atomic mass is 9.99. The number of aromatic nitrogens is 1. The molecule has 1 aromatic rings. The van der Waals surface area contributed by atoms with E-state index in [1.807, 2.05) is 0 Å². The van der Waals surface area contributed by atoms with Gasteiger partial charge in [0.2, 0.25) is 0 Å². The number of halogens is 4. The van der Waals surface area contributed by atoms with Crippen LogP contribution in [0.25, 0.3) is 0 Å². The first-order chi connectivity index (χ1) is 14.5. The third-order valence-corrected chi connectivity index (χ3v) is 4.90. The number of rotatable bonds is 5. The molecule has 3 rings (SSSR count). The van der Waals surface area contributed by atoms with Crippen LogP contribution in [-0.4, -0.2) is 71.1 Å². The van der Waals surface area contributed by atoms with Crippen LogP contribution < -0.4 is 0 Å². The number of carboxylic acids is 1. The van der Waals surface area contributed by atoms with Gasteiger partial charge in [-0.05, 0) is 31.2 Å². The number of alkyl halides is 3. The molecule has 3 atom stereocenters. The van der Waals surface area contributed by atoms with Crippen molar-refractivity contribution >= 4 is 11.9 Å². The topological polar surface area (TPSA) is 89.0 Å². The van der Waals surface area contributed by atoms with Gasteiger partial charge in [0.05, 0.1) is 36.6 Å². The maximum absolute atomic E-state index is 13.8. The maximum atomic E-state index is 13.8. The number of nitrogens with zero attached hydrogens (tertiary/aromatic N) is 2. The van der Waals surface area contributed by atoms with E-state index in [0.717, 1.165) is 32.1 Å². The van der Waals surface area contributed by atoms with Crippen LogP contribution in [0.2, 0.25) is 0 Å². The number of hydrogen-bond acceptors (Lipinski definition) is 5. The fraction of sp³-hybridized carbons (Fsp3) is 0.650. The Morgan fingerprint density at radius 2 is 2.00 bits per heavy atom. The summed E-state index contributed by atoms with van der Waals surface area (Å²) in [6, 6.07) is 1.48. The van der Waals surface area contributed by atoms with Crippen LogP contribution in [0.1, 0.15) is 43.5 Å². The monoisotopic (exact) mass is 450 g/mol. The summed E-state index contributed by atoms with van der Waals surface area (Å²) >= 11 is 0. The second kappa shape index (κ2) is 10.9. The lowest BCUT2D eigenvalue weighted by molar-refractivity contribution is -0.192. The van der Waals surface area contributed by atoms with Gasteiger partial charge in [-0.2, -0.15) is 13.2 Å².